The minimum atomic E-state index is -0.0524. The van der Waals surface area contributed by atoms with Crippen LogP contribution in [0.15, 0.2) is 45.6 Å². The second-order valence-corrected chi connectivity index (χ2v) is 5.87. The van der Waals surface area contributed by atoms with Crippen molar-refractivity contribution in [2.24, 2.45) is 5.73 Å². The van der Waals surface area contributed by atoms with Crippen LogP contribution in [0.4, 0.5) is 0 Å². The Hall–Kier alpha value is -0.680. The zero-order valence-corrected chi connectivity index (χ0v) is 12.6. The summed E-state index contributed by atoms with van der Waals surface area (Å²) in [5, 5.41) is 4.14. The van der Waals surface area contributed by atoms with Crippen molar-refractivity contribution < 1.29 is 4.74 Å². The van der Waals surface area contributed by atoms with Gasteiger partial charge in [-0.05, 0) is 40.9 Å². The van der Waals surface area contributed by atoms with Gasteiger partial charge in [-0.1, -0.05) is 34.1 Å². The van der Waals surface area contributed by atoms with Crippen LogP contribution in [0.2, 0.25) is 0 Å². The van der Waals surface area contributed by atoms with Crippen LogP contribution in [0, 0.1) is 0 Å². The van der Waals surface area contributed by atoms with Gasteiger partial charge >= 0.3 is 0 Å². The van der Waals surface area contributed by atoms with Crippen molar-refractivity contribution >= 4 is 27.3 Å². The monoisotopic (exact) mass is 325 g/mol. The molecule has 0 fully saturated rings. The zero-order chi connectivity index (χ0) is 13.0. The van der Waals surface area contributed by atoms with E-state index in [9.17, 15) is 0 Å². The lowest BCUT2D eigenvalue weighted by Gasteiger charge is -2.21. The quantitative estimate of drug-likeness (QED) is 0.897. The number of hydrogen-bond donors (Lipinski definition) is 1. The highest BCUT2D eigenvalue weighted by Crippen LogP contribution is 2.25. The first-order chi connectivity index (χ1) is 8.68. The van der Waals surface area contributed by atoms with Crippen LogP contribution < -0.4 is 5.73 Å². The number of nitrogens with two attached hydrogens (primary N) is 1. The highest BCUT2D eigenvalue weighted by atomic mass is 79.9. The first kappa shape index (κ1) is 13.7. The van der Waals surface area contributed by atoms with E-state index in [-0.39, 0.29) is 12.1 Å². The predicted octanol–water partition coefficient (Wildman–Crippen LogP) is 4.12. The molecule has 0 aliphatic carbocycles. The number of halogens is 1. The Kier molecular flexibility index (Phi) is 4.95. The average Bonchev–Trinajstić information content (AvgIpc) is 2.85. The Bertz CT molecular complexity index is 484. The third-order valence-electron chi connectivity index (χ3n) is 2.73. The van der Waals surface area contributed by atoms with Gasteiger partial charge in [-0.15, -0.1) is 0 Å². The van der Waals surface area contributed by atoms with Crippen molar-refractivity contribution in [3.8, 4) is 0 Å². The van der Waals surface area contributed by atoms with E-state index < -0.39 is 0 Å². The largest absolute Gasteiger partial charge is 0.367 e. The molecule has 0 aliphatic heterocycles. The molecule has 2 atom stereocenters. The van der Waals surface area contributed by atoms with Gasteiger partial charge in [-0.3, -0.25) is 0 Å². The van der Waals surface area contributed by atoms with E-state index in [4.69, 9.17) is 10.5 Å². The van der Waals surface area contributed by atoms with Crippen LogP contribution in [0.25, 0.3) is 0 Å². The molecule has 1 aromatic heterocycles. The third-order valence-corrected chi connectivity index (χ3v) is 4.20. The van der Waals surface area contributed by atoms with E-state index in [2.05, 4.69) is 33.4 Å². The zero-order valence-electron chi connectivity index (χ0n) is 10.2. The number of thiophene rings is 1. The van der Waals surface area contributed by atoms with E-state index in [1.165, 1.54) is 0 Å². The lowest BCUT2D eigenvalue weighted by Crippen LogP contribution is -2.26. The van der Waals surface area contributed by atoms with E-state index in [1.54, 1.807) is 11.3 Å². The molecule has 0 saturated heterocycles. The van der Waals surface area contributed by atoms with Crippen molar-refractivity contribution in [2.45, 2.75) is 25.7 Å². The Balaban J connectivity index is 2.05. The molecule has 0 radical (unpaired) electrons. The fraction of sp³-hybridized carbons (Fsp3) is 0.286. The van der Waals surface area contributed by atoms with Gasteiger partial charge in [0.25, 0.3) is 0 Å². The molecule has 2 aromatic rings. The van der Waals surface area contributed by atoms with Crippen LogP contribution in [-0.4, -0.2) is 6.04 Å². The lowest BCUT2D eigenvalue weighted by atomic mass is 10.1. The Morgan fingerprint density at radius 1 is 1.33 bits per heavy atom. The van der Waals surface area contributed by atoms with Gasteiger partial charge < -0.3 is 10.5 Å². The summed E-state index contributed by atoms with van der Waals surface area (Å²) in [5.74, 6) is 0. The van der Waals surface area contributed by atoms with E-state index in [0.29, 0.717) is 6.61 Å². The van der Waals surface area contributed by atoms with Crippen molar-refractivity contribution in [3.05, 3.63) is 56.7 Å². The molecule has 0 spiro atoms. The molecular weight excluding hydrogens is 310 g/mol. The molecule has 18 heavy (non-hydrogen) atoms. The highest BCUT2D eigenvalue weighted by Gasteiger charge is 2.17. The minimum absolute atomic E-state index is 0.0258. The molecular formula is C14H16BrNOS. The van der Waals surface area contributed by atoms with E-state index in [1.807, 2.05) is 30.5 Å². The summed E-state index contributed by atoms with van der Waals surface area (Å²) in [5.41, 5.74) is 8.29. The van der Waals surface area contributed by atoms with Crippen LogP contribution >= 0.6 is 27.3 Å². The SMILES string of the molecule is CC(N)C(OCc1ccccc1Br)c1ccsc1. The molecule has 2 rings (SSSR count). The number of ether oxygens (including phenoxy) is 1. The van der Waals surface area contributed by atoms with E-state index in [0.717, 1.165) is 15.6 Å². The van der Waals surface area contributed by atoms with Crippen LogP contribution in [0.1, 0.15) is 24.2 Å². The Morgan fingerprint density at radius 3 is 2.72 bits per heavy atom. The van der Waals surface area contributed by atoms with Gasteiger partial charge in [-0.25, -0.2) is 0 Å². The lowest BCUT2D eigenvalue weighted by molar-refractivity contribution is 0.0259. The first-order valence-corrected chi connectivity index (χ1v) is 7.54. The smallest absolute Gasteiger partial charge is 0.0985 e. The van der Waals surface area contributed by atoms with Gasteiger partial charge in [0.2, 0.25) is 0 Å². The summed E-state index contributed by atoms with van der Waals surface area (Å²) >= 11 is 5.19. The molecule has 1 heterocycles. The van der Waals surface area contributed by atoms with Crippen LogP contribution in [-0.2, 0) is 11.3 Å². The fourth-order valence-electron chi connectivity index (χ4n) is 1.78. The van der Waals surface area contributed by atoms with Crippen molar-refractivity contribution in [2.75, 3.05) is 0 Å². The molecule has 0 amide bonds. The second kappa shape index (κ2) is 6.48. The molecule has 0 bridgehead atoms. The highest BCUT2D eigenvalue weighted by molar-refractivity contribution is 9.10. The Morgan fingerprint density at radius 2 is 2.11 bits per heavy atom. The molecule has 2 N–H and O–H groups in total. The summed E-state index contributed by atoms with van der Waals surface area (Å²) in [7, 11) is 0. The van der Waals surface area contributed by atoms with Gasteiger partial charge in [0.1, 0.15) is 0 Å². The summed E-state index contributed by atoms with van der Waals surface area (Å²) in [6, 6.07) is 10.1. The molecule has 1 aromatic carbocycles. The third kappa shape index (κ3) is 3.42. The number of rotatable bonds is 5. The topological polar surface area (TPSA) is 35.2 Å². The van der Waals surface area contributed by atoms with Crippen LogP contribution in [0.5, 0.6) is 0 Å². The maximum atomic E-state index is 6.00. The maximum Gasteiger partial charge on any atom is 0.0985 e. The van der Waals surface area contributed by atoms with Gasteiger partial charge in [0, 0.05) is 10.5 Å². The predicted molar refractivity (Wildman–Crippen MR) is 79.6 cm³/mol. The summed E-state index contributed by atoms with van der Waals surface area (Å²) in [6.07, 6.45) is -0.0524. The average molecular weight is 326 g/mol. The van der Waals surface area contributed by atoms with Gasteiger partial charge in [-0.2, -0.15) is 11.3 Å². The van der Waals surface area contributed by atoms with Crippen molar-refractivity contribution in [1.29, 1.82) is 0 Å². The number of benzene rings is 1. The van der Waals surface area contributed by atoms with Crippen molar-refractivity contribution in [3.63, 3.8) is 0 Å². The Labute approximate surface area is 120 Å². The summed E-state index contributed by atoms with van der Waals surface area (Å²) in [6.45, 7) is 2.53. The van der Waals surface area contributed by atoms with Gasteiger partial charge in [0.15, 0.2) is 0 Å². The fourth-order valence-corrected chi connectivity index (χ4v) is 2.87. The first-order valence-electron chi connectivity index (χ1n) is 5.81. The van der Waals surface area contributed by atoms with Gasteiger partial charge in [0.05, 0.1) is 12.7 Å². The number of hydrogen-bond acceptors (Lipinski definition) is 3. The normalized spacial score (nSPS) is 14.4. The molecule has 2 nitrogen and oxygen atoms in total. The summed E-state index contributed by atoms with van der Waals surface area (Å²) < 4.78 is 7.03. The molecule has 0 saturated carbocycles. The standard InChI is InChI=1S/C14H16BrNOS/c1-10(16)14(12-6-7-18-9-12)17-8-11-4-2-3-5-13(11)15/h2-7,9-10,14H,8,16H2,1H3. The van der Waals surface area contributed by atoms with Crippen molar-refractivity contribution in [1.82, 2.24) is 0 Å². The molecule has 4 heteroatoms. The minimum Gasteiger partial charge on any atom is -0.367 e. The van der Waals surface area contributed by atoms with E-state index >= 15 is 0 Å². The van der Waals surface area contributed by atoms with Crippen LogP contribution in [0.3, 0.4) is 0 Å². The summed E-state index contributed by atoms with van der Waals surface area (Å²) in [4.78, 5) is 0. The molecule has 0 aliphatic rings. The second-order valence-electron chi connectivity index (χ2n) is 4.24. The molecule has 96 valence electrons. The molecule has 2 unspecified atom stereocenters. The maximum absolute atomic E-state index is 6.00.